The van der Waals surface area contributed by atoms with E-state index in [9.17, 15) is 4.79 Å². The Hall–Kier alpha value is -0.900. The van der Waals surface area contributed by atoms with Gasteiger partial charge in [-0.3, -0.25) is 0 Å². The maximum atomic E-state index is 11.3. The summed E-state index contributed by atoms with van der Waals surface area (Å²) < 4.78 is 5.63. The molecule has 0 bridgehead atoms. The van der Waals surface area contributed by atoms with Gasteiger partial charge in [0, 0.05) is 6.20 Å². The Morgan fingerprint density at radius 1 is 1.62 bits per heavy atom. The molecule has 0 spiro atoms. The minimum Gasteiger partial charge on any atom is -0.459 e. The Balaban J connectivity index is 2.77. The molecule has 1 aromatic rings. The SMILES string of the molecule is CC(C)OC(=O)c1ccnc(Br)c1. The van der Waals surface area contributed by atoms with Gasteiger partial charge >= 0.3 is 5.97 Å². The van der Waals surface area contributed by atoms with E-state index in [0.717, 1.165) is 0 Å². The predicted octanol–water partition coefficient (Wildman–Crippen LogP) is 2.41. The molecule has 0 N–H and O–H groups in total. The molecule has 0 aliphatic carbocycles. The van der Waals surface area contributed by atoms with E-state index in [1.165, 1.54) is 0 Å². The largest absolute Gasteiger partial charge is 0.459 e. The first-order valence-electron chi connectivity index (χ1n) is 3.92. The number of carbonyl (C=O) groups excluding carboxylic acids is 1. The summed E-state index contributed by atoms with van der Waals surface area (Å²) in [5, 5.41) is 0. The molecule has 0 unspecified atom stereocenters. The van der Waals surface area contributed by atoms with Gasteiger partial charge in [0.1, 0.15) is 4.60 Å². The molecule has 0 aromatic carbocycles. The third kappa shape index (κ3) is 3.14. The van der Waals surface area contributed by atoms with Crippen molar-refractivity contribution in [2.24, 2.45) is 0 Å². The quantitative estimate of drug-likeness (QED) is 0.592. The van der Waals surface area contributed by atoms with Crippen molar-refractivity contribution in [1.29, 1.82) is 0 Å². The number of nitrogens with zero attached hydrogens (tertiary/aromatic N) is 1. The van der Waals surface area contributed by atoms with Crippen LogP contribution in [0.3, 0.4) is 0 Å². The lowest BCUT2D eigenvalue weighted by Gasteiger charge is -2.07. The summed E-state index contributed by atoms with van der Waals surface area (Å²) in [5.41, 5.74) is 0.510. The lowest BCUT2D eigenvalue weighted by Crippen LogP contribution is -2.11. The highest BCUT2D eigenvalue weighted by Crippen LogP contribution is 2.09. The molecule has 0 amide bonds. The smallest absolute Gasteiger partial charge is 0.338 e. The highest BCUT2D eigenvalue weighted by molar-refractivity contribution is 9.10. The number of esters is 1. The fourth-order valence-corrected chi connectivity index (χ4v) is 1.18. The summed E-state index contributed by atoms with van der Waals surface area (Å²) in [7, 11) is 0. The fraction of sp³-hybridized carbons (Fsp3) is 0.333. The van der Waals surface area contributed by atoms with Crippen LogP contribution in [0.15, 0.2) is 22.9 Å². The van der Waals surface area contributed by atoms with Crippen LogP contribution in [-0.4, -0.2) is 17.1 Å². The molecule has 0 saturated heterocycles. The lowest BCUT2D eigenvalue weighted by molar-refractivity contribution is 0.0377. The van der Waals surface area contributed by atoms with Crippen LogP contribution in [0.4, 0.5) is 0 Å². The Morgan fingerprint density at radius 3 is 2.85 bits per heavy atom. The van der Waals surface area contributed by atoms with Crippen LogP contribution in [0.5, 0.6) is 0 Å². The Labute approximate surface area is 85.3 Å². The highest BCUT2D eigenvalue weighted by Gasteiger charge is 2.08. The van der Waals surface area contributed by atoms with Gasteiger partial charge in [-0.05, 0) is 41.9 Å². The number of aromatic nitrogens is 1. The molecule has 0 saturated carbocycles. The van der Waals surface area contributed by atoms with E-state index in [4.69, 9.17) is 4.74 Å². The van der Waals surface area contributed by atoms with Gasteiger partial charge in [0.15, 0.2) is 0 Å². The zero-order chi connectivity index (χ0) is 9.84. The summed E-state index contributed by atoms with van der Waals surface area (Å²) in [4.78, 5) is 15.2. The zero-order valence-corrected chi connectivity index (χ0v) is 9.04. The molecule has 4 heteroatoms. The van der Waals surface area contributed by atoms with Crippen molar-refractivity contribution in [3.8, 4) is 0 Å². The maximum absolute atomic E-state index is 11.3. The molecule has 1 rings (SSSR count). The number of pyridine rings is 1. The average molecular weight is 244 g/mol. The van der Waals surface area contributed by atoms with Crippen molar-refractivity contribution in [2.45, 2.75) is 20.0 Å². The first-order valence-corrected chi connectivity index (χ1v) is 4.71. The number of hydrogen-bond donors (Lipinski definition) is 0. The van der Waals surface area contributed by atoms with Crippen molar-refractivity contribution in [3.05, 3.63) is 28.5 Å². The van der Waals surface area contributed by atoms with Gasteiger partial charge in [-0.15, -0.1) is 0 Å². The number of carbonyl (C=O) groups is 1. The highest BCUT2D eigenvalue weighted by atomic mass is 79.9. The van der Waals surface area contributed by atoms with Gasteiger partial charge in [-0.2, -0.15) is 0 Å². The van der Waals surface area contributed by atoms with E-state index in [1.54, 1.807) is 18.3 Å². The second-order valence-electron chi connectivity index (χ2n) is 2.82. The van der Waals surface area contributed by atoms with Gasteiger partial charge in [-0.1, -0.05) is 0 Å². The Bertz CT molecular complexity index is 312. The first kappa shape index (κ1) is 10.2. The monoisotopic (exact) mass is 243 g/mol. The van der Waals surface area contributed by atoms with Crippen molar-refractivity contribution < 1.29 is 9.53 Å². The first-order chi connectivity index (χ1) is 6.09. The van der Waals surface area contributed by atoms with Crippen LogP contribution < -0.4 is 0 Å². The molecule has 13 heavy (non-hydrogen) atoms. The normalized spacial score (nSPS) is 10.2. The number of halogens is 1. The van der Waals surface area contributed by atoms with Crippen LogP contribution in [0.1, 0.15) is 24.2 Å². The van der Waals surface area contributed by atoms with Gasteiger partial charge in [-0.25, -0.2) is 9.78 Å². The van der Waals surface area contributed by atoms with Crippen molar-refractivity contribution in [3.63, 3.8) is 0 Å². The fourth-order valence-electron chi connectivity index (χ4n) is 0.812. The number of rotatable bonds is 2. The van der Waals surface area contributed by atoms with Crippen molar-refractivity contribution in [1.82, 2.24) is 4.98 Å². The second kappa shape index (κ2) is 4.37. The van der Waals surface area contributed by atoms with Crippen LogP contribution in [0, 0.1) is 0 Å². The maximum Gasteiger partial charge on any atom is 0.338 e. The van der Waals surface area contributed by atoms with Gasteiger partial charge < -0.3 is 4.74 Å². The summed E-state index contributed by atoms with van der Waals surface area (Å²) in [5.74, 6) is -0.321. The molecule has 0 aliphatic heterocycles. The number of hydrogen-bond acceptors (Lipinski definition) is 3. The van der Waals surface area contributed by atoms with Crippen molar-refractivity contribution in [2.75, 3.05) is 0 Å². The summed E-state index contributed by atoms with van der Waals surface area (Å²) in [6, 6.07) is 3.25. The van der Waals surface area contributed by atoms with E-state index in [-0.39, 0.29) is 12.1 Å². The van der Waals surface area contributed by atoms with Crippen molar-refractivity contribution >= 4 is 21.9 Å². The molecular formula is C9H10BrNO2. The molecule has 1 aromatic heterocycles. The molecule has 0 atom stereocenters. The molecule has 1 heterocycles. The third-order valence-corrected chi connectivity index (χ3v) is 1.74. The van der Waals surface area contributed by atoms with Crippen LogP contribution in [-0.2, 0) is 4.74 Å². The minimum atomic E-state index is -0.321. The van der Waals surface area contributed by atoms with Gasteiger partial charge in [0.25, 0.3) is 0 Å². The molecule has 0 radical (unpaired) electrons. The topological polar surface area (TPSA) is 39.2 Å². The summed E-state index contributed by atoms with van der Waals surface area (Å²) in [6.45, 7) is 3.63. The standard InChI is InChI=1S/C9H10BrNO2/c1-6(2)13-9(12)7-3-4-11-8(10)5-7/h3-6H,1-2H3. The molecule has 3 nitrogen and oxygen atoms in total. The Morgan fingerprint density at radius 2 is 2.31 bits per heavy atom. The Kier molecular flexibility index (Phi) is 3.42. The summed E-state index contributed by atoms with van der Waals surface area (Å²) >= 11 is 3.18. The average Bonchev–Trinajstić information content (AvgIpc) is 2.03. The zero-order valence-electron chi connectivity index (χ0n) is 7.45. The molecule has 0 fully saturated rings. The van der Waals surface area contributed by atoms with Gasteiger partial charge in [0.2, 0.25) is 0 Å². The van der Waals surface area contributed by atoms with Crippen LogP contribution >= 0.6 is 15.9 Å². The third-order valence-electron chi connectivity index (χ3n) is 1.31. The van der Waals surface area contributed by atoms with Gasteiger partial charge in [0.05, 0.1) is 11.7 Å². The summed E-state index contributed by atoms with van der Waals surface area (Å²) in [6.07, 6.45) is 1.46. The number of ether oxygens (including phenoxy) is 1. The van der Waals surface area contributed by atoms with E-state index in [0.29, 0.717) is 10.2 Å². The van der Waals surface area contributed by atoms with E-state index >= 15 is 0 Å². The minimum absolute atomic E-state index is 0.0977. The van der Waals surface area contributed by atoms with E-state index in [1.807, 2.05) is 13.8 Å². The van der Waals surface area contributed by atoms with Crippen LogP contribution in [0.25, 0.3) is 0 Å². The molecule has 0 aliphatic rings. The van der Waals surface area contributed by atoms with E-state index < -0.39 is 0 Å². The molecular weight excluding hydrogens is 234 g/mol. The predicted molar refractivity (Wildman–Crippen MR) is 52.5 cm³/mol. The lowest BCUT2D eigenvalue weighted by atomic mass is 10.3. The van der Waals surface area contributed by atoms with Crippen LogP contribution in [0.2, 0.25) is 0 Å². The second-order valence-corrected chi connectivity index (χ2v) is 3.63. The molecule has 70 valence electrons. The van der Waals surface area contributed by atoms with E-state index in [2.05, 4.69) is 20.9 Å².